The van der Waals surface area contributed by atoms with Gasteiger partial charge in [0.25, 0.3) is 0 Å². The predicted molar refractivity (Wildman–Crippen MR) is 257 cm³/mol. The van der Waals surface area contributed by atoms with Crippen LogP contribution in [-0.4, -0.2) is 15.9 Å². The first-order valence-electron chi connectivity index (χ1n) is 19.5. The van der Waals surface area contributed by atoms with Crippen LogP contribution in [0, 0.1) is 24.7 Å². The molecule has 2 heterocycles. The van der Waals surface area contributed by atoms with Crippen molar-refractivity contribution in [2.24, 2.45) is 0 Å². The molecule has 0 radical (unpaired) electrons. The Hall–Kier alpha value is -5.44. The minimum absolute atomic E-state index is 0. The number of pyridine rings is 2. The zero-order chi connectivity index (χ0) is 40.2. The fraction of sp³-hybridized carbons (Fsp3) is 0.0182. The van der Waals surface area contributed by atoms with Gasteiger partial charge in [-0.3, -0.25) is 11.8 Å². The molecule has 2 atom stereocenters. The van der Waals surface area contributed by atoms with Gasteiger partial charge in [0.15, 0.2) is 16.8 Å². The Bertz CT molecular complexity index is 2660. The van der Waals surface area contributed by atoms with Crippen molar-refractivity contribution in [3.63, 3.8) is 0 Å². The van der Waals surface area contributed by atoms with E-state index in [1.807, 2.05) is 97.3 Å². The van der Waals surface area contributed by atoms with E-state index in [1.165, 1.54) is 21.5 Å². The van der Waals surface area contributed by atoms with Crippen LogP contribution in [0.15, 0.2) is 219 Å². The Morgan fingerprint density at radius 3 is 0.951 bits per heavy atom. The van der Waals surface area contributed by atoms with Crippen LogP contribution < -0.4 is 21.5 Å². The molecule has 2 aromatic heterocycles. The van der Waals surface area contributed by atoms with E-state index in [0.717, 1.165) is 60.1 Å². The summed E-state index contributed by atoms with van der Waals surface area (Å²) in [5.41, 5.74) is 4.22. The molecule has 0 saturated carbocycles. The van der Waals surface area contributed by atoms with Crippen LogP contribution in [0.3, 0.4) is 0 Å². The maximum absolute atomic E-state index is 7.46. The number of nitrogens with zero attached hydrogens (tertiary/aromatic N) is 2. The zero-order valence-corrected chi connectivity index (χ0v) is 39.3. The van der Waals surface area contributed by atoms with Crippen LogP contribution >= 0.6 is 15.8 Å². The molecule has 61 heavy (non-hydrogen) atoms. The van der Waals surface area contributed by atoms with Crippen molar-refractivity contribution in [2.75, 3.05) is 5.90 Å². The second kappa shape index (κ2) is 22.4. The molecular weight excluding hydrogens is 1140 g/mol. The first-order valence-corrected chi connectivity index (χ1v) is 22.9. The topological polar surface area (TPSA) is 25.8 Å². The summed E-state index contributed by atoms with van der Waals surface area (Å²) in [6.07, 6.45) is 18.7. The first kappa shape index (κ1) is 45.1. The second-order valence-electron chi connectivity index (χ2n) is 13.9. The van der Waals surface area contributed by atoms with E-state index in [2.05, 4.69) is 133 Å². The van der Waals surface area contributed by atoms with Gasteiger partial charge in [-0.25, -0.2) is 9.97 Å². The smallest absolute Gasteiger partial charge is 0.366 e. The van der Waals surface area contributed by atoms with E-state index >= 15 is 0 Å². The summed E-state index contributed by atoms with van der Waals surface area (Å²) in [6, 6.07) is 71.1. The molecule has 10 aromatic rings. The molecule has 2 unspecified atom stereocenters. The van der Waals surface area contributed by atoms with Gasteiger partial charge in [-0.05, 0) is 70.1 Å². The summed E-state index contributed by atoms with van der Waals surface area (Å²) in [6.45, 7) is 0. The van der Waals surface area contributed by atoms with Crippen molar-refractivity contribution in [1.82, 2.24) is 9.97 Å². The summed E-state index contributed by atoms with van der Waals surface area (Å²) in [7, 11) is -2.00. The van der Waals surface area contributed by atoms with Gasteiger partial charge in [0.1, 0.15) is 26.5 Å². The quantitative estimate of drug-likeness (QED) is 0.0545. The summed E-state index contributed by atoms with van der Waals surface area (Å²) >= 11 is 0. The van der Waals surface area contributed by atoms with Crippen LogP contribution in [-0.2, 0) is 44.8 Å². The Morgan fingerprint density at radius 2 is 0.656 bits per heavy atom. The van der Waals surface area contributed by atoms with E-state index in [1.54, 1.807) is 0 Å². The van der Waals surface area contributed by atoms with Gasteiger partial charge in [0.05, 0.1) is 0 Å². The van der Waals surface area contributed by atoms with Gasteiger partial charge in [0, 0.05) is 24.5 Å². The predicted octanol–water partition coefficient (Wildman–Crippen LogP) is 11.3. The van der Waals surface area contributed by atoms with Gasteiger partial charge < -0.3 is 12.8 Å². The van der Waals surface area contributed by atoms with E-state index in [0.29, 0.717) is 0 Å². The average Bonchev–Trinajstić information content (AvgIpc) is 3.32. The van der Waals surface area contributed by atoms with E-state index in [4.69, 9.17) is 22.8 Å². The van der Waals surface area contributed by atoms with Crippen LogP contribution in [0.4, 0.5) is 0 Å². The van der Waals surface area contributed by atoms with Crippen molar-refractivity contribution >= 4 is 80.4 Å². The average molecular weight is 1180 g/mol. The molecule has 300 valence electrons. The number of benzene rings is 8. The van der Waals surface area contributed by atoms with Gasteiger partial charge in [0.2, 0.25) is 0 Å². The summed E-state index contributed by atoms with van der Waals surface area (Å²) in [5.74, 6) is 6.25. The van der Waals surface area contributed by atoms with Crippen LogP contribution in [0.2, 0.25) is 0 Å². The molecular formula is C55H40Au2N2P2+2. The van der Waals surface area contributed by atoms with E-state index in [9.17, 15) is 0 Å². The molecule has 0 spiro atoms. The maximum atomic E-state index is 7.46. The van der Waals surface area contributed by atoms with Crippen LogP contribution in [0.25, 0.3) is 43.1 Å². The van der Waals surface area contributed by atoms with Gasteiger partial charge in [-0.1, -0.05) is 167 Å². The Morgan fingerprint density at radius 1 is 0.361 bits per heavy atom. The van der Waals surface area contributed by atoms with Gasteiger partial charge in [-0.2, -0.15) is 0 Å². The van der Waals surface area contributed by atoms with Crippen LogP contribution in [0.1, 0.15) is 11.1 Å². The first-order chi connectivity index (χ1) is 29.2. The third-order valence-corrected chi connectivity index (χ3v) is 17.1. The number of fused-ring (bicyclic) bond motifs is 4. The van der Waals surface area contributed by atoms with Crippen LogP contribution in [0.5, 0.6) is 0 Å². The summed E-state index contributed by atoms with van der Waals surface area (Å²) in [4.78, 5) is 9.47. The molecule has 0 bridgehead atoms. The monoisotopic (exact) mass is 1180 g/mol. The molecule has 10 rings (SSSR count). The Labute approximate surface area is 392 Å². The molecule has 2 nitrogen and oxygen atoms in total. The molecule has 0 aliphatic carbocycles. The minimum atomic E-state index is -0.999. The van der Waals surface area contributed by atoms with Crippen molar-refractivity contribution in [1.29, 1.82) is 0 Å². The molecule has 0 saturated heterocycles. The molecule has 0 aliphatic heterocycles. The SMILES string of the molecule is [Au+].[Au+].[C-]#Cc1c2ccccc2cc2ccccc12.[C-]#Cc1c2ccccc2cc2ccccc12.c1ccc([PH+](C[PH+](c2ccccc2)c2ccccn2)c2ccccn2)cc1. The fourth-order valence-electron chi connectivity index (χ4n) is 7.52. The van der Waals surface area contributed by atoms with E-state index in [-0.39, 0.29) is 44.8 Å². The number of hydrogen-bond acceptors (Lipinski definition) is 2. The molecule has 0 N–H and O–H groups in total. The normalized spacial score (nSPS) is 11.2. The van der Waals surface area contributed by atoms with Crippen molar-refractivity contribution in [2.45, 2.75) is 0 Å². The van der Waals surface area contributed by atoms with Crippen molar-refractivity contribution in [3.05, 3.63) is 243 Å². The summed E-state index contributed by atoms with van der Waals surface area (Å²) < 4.78 is 0. The summed E-state index contributed by atoms with van der Waals surface area (Å²) in [5, 5.41) is 11.9. The minimum Gasteiger partial charge on any atom is -0.366 e. The number of aromatic nitrogens is 2. The number of rotatable bonds is 6. The van der Waals surface area contributed by atoms with Crippen molar-refractivity contribution in [3.8, 4) is 11.8 Å². The molecule has 6 heteroatoms. The Balaban J connectivity index is 0.000000159. The Kier molecular flexibility index (Phi) is 16.6. The molecule has 0 fully saturated rings. The molecule has 0 amide bonds. The van der Waals surface area contributed by atoms with E-state index < -0.39 is 15.8 Å². The molecule has 0 aliphatic rings. The third kappa shape index (κ3) is 10.7. The van der Waals surface area contributed by atoms with Gasteiger partial charge in [-0.15, -0.1) is 11.1 Å². The fourth-order valence-corrected chi connectivity index (χ4v) is 14.8. The van der Waals surface area contributed by atoms with Gasteiger partial charge >= 0.3 is 44.8 Å². The molecule has 8 aromatic carbocycles. The zero-order valence-electron chi connectivity index (χ0n) is 33.0. The third-order valence-electron chi connectivity index (χ3n) is 10.3. The number of hydrogen-bond donors (Lipinski definition) is 0. The standard InChI is InChI=1S/C23H20N2P2.2C16H9.2Au/c1-3-11-20(12-4-1)26(22-15-7-9-17-24-22)19-27(21-13-5-2-6-14-21)23-16-8-10-18-25-23;2*1-2-14-15-9-5-3-7-12(15)11-13-8-4-6-10-16(13)14;;/h1-18H,19H2;2*3-11H;;/q;2*-1;2*+1/p+2. The largest absolute Gasteiger partial charge is 1.00 e. The van der Waals surface area contributed by atoms with Crippen molar-refractivity contribution < 1.29 is 44.8 Å². The second-order valence-corrected chi connectivity index (χ2v) is 19.4. The maximum Gasteiger partial charge on any atom is 1.00 e.